The van der Waals surface area contributed by atoms with Gasteiger partial charge >= 0.3 is 0 Å². The number of benzene rings is 1. The molecule has 1 aromatic carbocycles. The lowest BCUT2D eigenvalue weighted by Gasteiger charge is -2.03. The summed E-state index contributed by atoms with van der Waals surface area (Å²) in [6, 6.07) is 15.0. The third kappa shape index (κ3) is 8.65. The first kappa shape index (κ1) is 20.7. The molecule has 2 rings (SSSR count). The first-order valence-corrected chi connectivity index (χ1v) is 11.0. The van der Waals surface area contributed by atoms with Crippen LogP contribution in [0.2, 0.25) is 0 Å². The van der Waals surface area contributed by atoms with Crippen LogP contribution < -0.4 is 4.57 Å². The Kier molecular flexibility index (Phi) is 10.8. The zero-order valence-corrected chi connectivity index (χ0v) is 16.8. The van der Waals surface area contributed by atoms with Crippen molar-refractivity contribution in [2.24, 2.45) is 0 Å². The van der Waals surface area contributed by atoms with Crippen molar-refractivity contribution < 1.29 is 4.57 Å². The van der Waals surface area contributed by atoms with Crippen LogP contribution in [0.4, 0.5) is 0 Å². The largest absolute Gasteiger partial charge is 0.210 e. The predicted molar refractivity (Wildman–Crippen MR) is 113 cm³/mol. The Bertz CT molecular complexity index is 576. The Morgan fingerprint density at radius 2 is 1.19 bits per heavy atom. The van der Waals surface area contributed by atoms with E-state index in [2.05, 4.69) is 66.3 Å². The van der Waals surface area contributed by atoms with E-state index in [0.29, 0.717) is 0 Å². The van der Waals surface area contributed by atoms with Crippen LogP contribution in [0, 0.1) is 0 Å². The van der Waals surface area contributed by atoms with Crippen LogP contribution in [0.15, 0.2) is 54.9 Å². The molecular weight excluding hydrogens is 314 g/mol. The third-order valence-electron chi connectivity index (χ3n) is 5.24. The van der Waals surface area contributed by atoms with Crippen molar-refractivity contribution in [1.29, 1.82) is 0 Å². The highest BCUT2D eigenvalue weighted by Crippen LogP contribution is 2.13. The third-order valence-corrected chi connectivity index (χ3v) is 5.24. The van der Waals surface area contributed by atoms with Gasteiger partial charge < -0.3 is 0 Å². The van der Waals surface area contributed by atoms with Crippen LogP contribution in [-0.4, -0.2) is 0 Å². The second kappa shape index (κ2) is 13.6. The van der Waals surface area contributed by atoms with Gasteiger partial charge in [-0.1, -0.05) is 95.8 Å². The number of hydrogen-bond donors (Lipinski definition) is 0. The zero-order valence-electron chi connectivity index (χ0n) is 16.8. The van der Waals surface area contributed by atoms with Gasteiger partial charge in [0.05, 0.1) is 0 Å². The lowest BCUT2D eigenvalue weighted by atomic mass is 10.0. The second-order valence-electron chi connectivity index (χ2n) is 7.59. The SMILES string of the molecule is CCCCCCCCCCCCCCc1ccc[n+](-c2ccccc2)c1. The van der Waals surface area contributed by atoms with Crippen LogP contribution in [0.1, 0.15) is 89.5 Å². The molecule has 0 N–H and O–H groups in total. The maximum absolute atomic E-state index is 2.29. The molecule has 0 amide bonds. The highest BCUT2D eigenvalue weighted by Gasteiger charge is 2.05. The van der Waals surface area contributed by atoms with E-state index in [1.54, 1.807) is 0 Å². The number of pyridine rings is 1. The van der Waals surface area contributed by atoms with Gasteiger partial charge in [-0.2, -0.15) is 4.57 Å². The number of aromatic nitrogens is 1. The summed E-state index contributed by atoms with van der Waals surface area (Å²) in [6.07, 6.45) is 22.6. The standard InChI is InChI=1S/C25H38N/c1-2-3-4-5-6-7-8-9-10-11-12-14-18-24-19-17-22-26(23-24)25-20-15-13-16-21-25/h13,15-17,19-23H,2-12,14,18H2,1H3/q+1. The maximum Gasteiger partial charge on any atom is 0.210 e. The summed E-state index contributed by atoms with van der Waals surface area (Å²) in [7, 11) is 0. The van der Waals surface area contributed by atoms with Gasteiger partial charge in [-0.3, -0.25) is 0 Å². The van der Waals surface area contributed by atoms with Crippen LogP contribution in [0.5, 0.6) is 0 Å². The minimum absolute atomic E-state index is 1.20. The Labute approximate surface area is 161 Å². The summed E-state index contributed by atoms with van der Waals surface area (Å²) < 4.78 is 2.23. The Morgan fingerprint density at radius 1 is 0.615 bits per heavy atom. The molecule has 0 unspecified atom stereocenters. The van der Waals surface area contributed by atoms with Crippen molar-refractivity contribution in [3.05, 3.63) is 60.4 Å². The second-order valence-corrected chi connectivity index (χ2v) is 7.59. The lowest BCUT2D eigenvalue weighted by Crippen LogP contribution is -2.29. The molecule has 0 fully saturated rings. The topological polar surface area (TPSA) is 3.88 Å². The van der Waals surface area contributed by atoms with Crippen LogP contribution in [0.25, 0.3) is 5.69 Å². The van der Waals surface area contributed by atoms with Gasteiger partial charge in [0.15, 0.2) is 12.4 Å². The summed E-state index contributed by atoms with van der Waals surface area (Å²) in [4.78, 5) is 0. The molecule has 0 aliphatic heterocycles. The Balaban J connectivity index is 1.51. The van der Waals surface area contributed by atoms with Crippen LogP contribution in [0.3, 0.4) is 0 Å². The molecule has 142 valence electrons. The van der Waals surface area contributed by atoms with E-state index in [-0.39, 0.29) is 0 Å². The highest BCUT2D eigenvalue weighted by molar-refractivity contribution is 5.22. The van der Waals surface area contributed by atoms with Crippen molar-refractivity contribution >= 4 is 0 Å². The molecule has 1 heteroatoms. The summed E-state index contributed by atoms with van der Waals surface area (Å²) in [5, 5.41) is 0. The summed E-state index contributed by atoms with van der Waals surface area (Å²) in [5.74, 6) is 0. The Morgan fingerprint density at radius 3 is 1.81 bits per heavy atom. The van der Waals surface area contributed by atoms with E-state index in [1.807, 2.05) is 0 Å². The molecule has 26 heavy (non-hydrogen) atoms. The monoisotopic (exact) mass is 352 g/mol. The van der Waals surface area contributed by atoms with Crippen molar-refractivity contribution in [1.82, 2.24) is 0 Å². The number of rotatable bonds is 14. The molecule has 0 saturated carbocycles. The fourth-order valence-corrected chi connectivity index (χ4v) is 3.60. The molecule has 0 aliphatic rings. The number of nitrogens with zero attached hydrogens (tertiary/aromatic N) is 1. The minimum Gasteiger partial charge on any atom is -0.167 e. The highest BCUT2D eigenvalue weighted by atomic mass is 14.9. The molecule has 0 radical (unpaired) electrons. The average molecular weight is 353 g/mol. The molecule has 0 aliphatic carbocycles. The number of hydrogen-bond acceptors (Lipinski definition) is 0. The molecule has 1 heterocycles. The quantitative estimate of drug-likeness (QED) is 0.250. The van der Waals surface area contributed by atoms with E-state index in [9.17, 15) is 0 Å². The zero-order chi connectivity index (χ0) is 18.3. The fraction of sp³-hybridized carbons (Fsp3) is 0.560. The normalized spacial score (nSPS) is 11.0. The van der Waals surface area contributed by atoms with Gasteiger partial charge in [-0.15, -0.1) is 0 Å². The Hall–Kier alpha value is -1.63. The molecule has 0 bridgehead atoms. The van der Waals surface area contributed by atoms with Crippen molar-refractivity contribution in [2.75, 3.05) is 0 Å². The first-order chi connectivity index (χ1) is 12.9. The fourth-order valence-electron chi connectivity index (χ4n) is 3.60. The van der Waals surface area contributed by atoms with Gasteiger partial charge in [-0.05, 0) is 18.9 Å². The molecule has 0 atom stereocenters. The maximum atomic E-state index is 2.29. The molecule has 1 nitrogen and oxygen atoms in total. The summed E-state index contributed by atoms with van der Waals surface area (Å²) in [6.45, 7) is 2.29. The summed E-state index contributed by atoms with van der Waals surface area (Å²) >= 11 is 0. The van der Waals surface area contributed by atoms with E-state index in [4.69, 9.17) is 0 Å². The van der Waals surface area contributed by atoms with Gasteiger partial charge in [-0.25, -0.2) is 0 Å². The number of aryl methyl sites for hydroxylation is 1. The van der Waals surface area contributed by atoms with Gasteiger partial charge in [0.2, 0.25) is 5.69 Å². The van der Waals surface area contributed by atoms with E-state index >= 15 is 0 Å². The van der Waals surface area contributed by atoms with Crippen molar-refractivity contribution in [3.63, 3.8) is 0 Å². The van der Waals surface area contributed by atoms with E-state index < -0.39 is 0 Å². The molecular formula is C25H38N+. The molecule has 0 spiro atoms. The van der Waals surface area contributed by atoms with E-state index in [0.717, 1.165) is 0 Å². The van der Waals surface area contributed by atoms with Gasteiger partial charge in [0.1, 0.15) is 0 Å². The summed E-state index contributed by atoms with van der Waals surface area (Å²) in [5.41, 5.74) is 2.69. The van der Waals surface area contributed by atoms with Gasteiger partial charge in [0, 0.05) is 23.8 Å². The minimum atomic E-state index is 1.20. The first-order valence-electron chi connectivity index (χ1n) is 11.0. The number of unbranched alkanes of at least 4 members (excludes halogenated alkanes) is 11. The van der Waals surface area contributed by atoms with E-state index in [1.165, 1.54) is 94.7 Å². The molecule has 1 aromatic heterocycles. The predicted octanol–water partition coefficient (Wildman–Crippen LogP) is 7.21. The lowest BCUT2D eigenvalue weighted by molar-refractivity contribution is -0.596. The van der Waals surface area contributed by atoms with Crippen LogP contribution >= 0.6 is 0 Å². The smallest absolute Gasteiger partial charge is 0.167 e. The van der Waals surface area contributed by atoms with Crippen molar-refractivity contribution in [2.45, 2.75) is 90.4 Å². The molecule has 0 saturated heterocycles. The van der Waals surface area contributed by atoms with Gasteiger partial charge in [0.25, 0.3) is 0 Å². The molecule has 2 aromatic rings. The van der Waals surface area contributed by atoms with Crippen molar-refractivity contribution in [3.8, 4) is 5.69 Å². The average Bonchev–Trinajstić information content (AvgIpc) is 2.70. The number of para-hydroxylation sites is 1. The van der Waals surface area contributed by atoms with Crippen LogP contribution in [-0.2, 0) is 6.42 Å².